The maximum Gasteiger partial charge on any atom is 0.136 e. The summed E-state index contributed by atoms with van der Waals surface area (Å²) in [6.07, 6.45) is 12.9. The molecule has 0 amide bonds. The Labute approximate surface area is 150 Å². The number of ketones is 1. The van der Waals surface area contributed by atoms with Gasteiger partial charge in [-0.3, -0.25) is 4.79 Å². The van der Waals surface area contributed by atoms with Crippen molar-refractivity contribution in [3.63, 3.8) is 0 Å². The van der Waals surface area contributed by atoms with E-state index in [-0.39, 0.29) is 0 Å². The molecule has 7 unspecified atom stereocenters. The highest BCUT2D eigenvalue weighted by atomic mass is 16.1. The third kappa shape index (κ3) is 2.60. The summed E-state index contributed by atoms with van der Waals surface area (Å²) in [5, 5.41) is 0. The molecule has 1 heteroatoms. The molecule has 0 aliphatic heterocycles. The summed E-state index contributed by atoms with van der Waals surface area (Å²) in [6.45, 7) is 12.0. The maximum atomic E-state index is 12.6. The van der Waals surface area contributed by atoms with E-state index < -0.39 is 0 Å². The van der Waals surface area contributed by atoms with E-state index in [0.717, 1.165) is 30.1 Å². The summed E-state index contributed by atoms with van der Waals surface area (Å²) in [4.78, 5) is 12.6. The standard InChI is InChI=1S/C23H40O/c1-6-14-22(4)16(7-2)9-10-17-18-11-12-20(21(24)8-3)23(18,5)15-13-19(17)22/h16-20H,6-15H2,1-5H3. The van der Waals surface area contributed by atoms with Crippen LogP contribution in [0.2, 0.25) is 0 Å². The van der Waals surface area contributed by atoms with E-state index >= 15 is 0 Å². The van der Waals surface area contributed by atoms with Crippen LogP contribution in [0, 0.1) is 40.4 Å². The minimum absolute atomic E-state index is 0.320. The van der Waals surface area contributed by atoms with Gasteiger partial charge in [0.2, 0.25) is 0 Å². The van der Waals surface area contributed by atoms with Crippen LogP contribution < -0.4 is 0 Å². The summed E-state index contributed by atoms with van der Waals surface area (Å²) in [6, 6.07) is 0. The number of carbonyl (C=O) groups excluding carboxylic acids is 1. The highest BCUT2D eigenvalue weighted by molar-refractivity contribution is 5.81. The molecule has 0 aromatic carbocycles. The van der Waals surface area contributed by atoms with Gasteiger partial charge in [0.25, 0.3) is 0 Å². The van der Waals surface area contributed by atoms with Crippen LogP contribution in [0.1, 0.15) is 98.8 Å². The Morgan fingerprint density at radius 1 is 0.958 bits per heavy atom. The molecule has 3 rings (SSSR count). The predicted molar refractivity (Wildman–Crippen MR) is 102 cm³/mol. The monoisotopic (exact) mass is 332 g/mol. The van der Waals surface area contributed by atoms with Crippen molar-refractivity contribution in [3.8, 4) is 0 Å². The van der Waals surface area contributed by atoms with Gasteiger partial charge in [-0.05, 0) is 79.4 Å². The molecule has 0 saturated heterocycles. The van der Waals surface area contributed by atoms with Crippen molar-refractivity contribution < 1.29 is 4.79 Å². The van der Waals surface area contributed by atoms with Crippen LogP contribution in [0.15, 0.2) is 0 Å². The quantitative estimate of drug-likeness (QED) is 0.550. The third-order valence-electron chi connectivity index (χ3n) is 9.08. The van der Waals surface area contributed by atoms with Crippen molar-refractivity contribution in [1.82, 2.24) is 0 Å². The van der Waals surface area contributed by atoms with Gasteiger partial charge in [0.1, 0.15) is 5.78 Å². The number of hydrogen-bond acceptors (Lipinski definition) is 1. The highest BCUT2D eigenvalue weighted by Gasteiger charge is 2.59. The van der Waals surface area contributed by atoms with Crippen molar-refractivity contribution >= 4 is 5.78 Å². The van der Waals surface area contributed by atoms with Crippen LogP contribution in [-0.4, -0.2) is 5.78 Å². The zero-order valence-corrected chi connectivity index (χ0v) is 16.9. The Bertz CT molecular complexity index is 469. The van der Waals surface area contributed by atoms with Crippen LogP contribution in [0.4, 0.5) is 0 Å². The van der Waals surface area contributed by atoms with Gasteiger partial charge in [-0.1, -0.05) is 47.5 Å². The summed E-state index contributed by atoms with van der Waals surface area (Å²) in [7, 11) is 0. The zero-order valence-electron chi connectivity index (χ0n) is 16.9. The first-order valence-electron chi connectivity index (χ1n) is 10.9. The first-order valence-corrected chi connectivity index (χ1v) is 10.9. The average molecular weight is 333 g/mol. The van der Waals surface area contributed by atoms with E-state index in [2.05, 4.69) is 34.6 Å². The number of hydrogen-bond donors (Lipinski definition) is 0. The van der Waals surface area contributed by atoms with Crippen LogP contribution >= 0.6 is 0 Å². The number of rotatable bonds is 5. The average Bonchev–Trinajstić information content (AvgIpc) is 2.92. The Hall–Kier alpha value is -0.330. The minimum atomic E-state index is 0.320. The molecule has 7 atom stereocenters. The summed E-state index contributed by atoms with van der Waals surface area (Å²) in [5.74, 6) is 4.50. The fraction of sp³-hybridized carbons (Fsp3) is 0.957. The third-order valence-corrected chi connectivity index (χ3v) is 9.08. The topological polar surface area (TPSA) is 17.1 Å². The molecule has 0 aromatic rings. The van der Waals surface area contributed by atoms with Gasteiger partial charge in [0.15, 0.2) is 0 Å². The van der Waals surface area contributed by atoms with E-state index in [1.807, 2.05) is 0 Å². The van der Waals surface area contributed by atoms with Crippen LogP contribution in [0.3, 0.4) is 0 Å². The Morgan fingerprint density at radius 3 is 2.33 bits per heavy atom. The van der Waals surface area contributed by atoms with Gasteiger partial charge >= 0.3 is 0 Å². The lowest BCUT2D eigenvalue weighted by atomic mass is 9.46. The van der Waals surface area contributed by atoms with Crippen LogP contribution in [0.25, 0.3) is 0 Å². The molecule has 0 heterocycles. The molecular weight excluding hydrogens is 292 g/mol. The largest absolute Gasteiger partial charge is 0.299 e. The van der Waals surface area contributed by atoms with Gasteiger partial charge < -0.3 is 0 Å². The Balaban J connectivity index is 1.88. The summed E-state index contributed by atoms with van der Waals surface area (Å²) in [5.41, 5.74) is 0.876. The molecule has 3 saturated carbocycles. The lowest BCUT2D eigenvalue weighted by molar-refractivity contribution is -0.133. The van der Waals surface area contributed by atoms with Crippen molar-refractivity contribution in [2.75, 3.05) is 0 Å². The molecular formula is C23H40O. The van der Waals surface area contributed by atoms with E-state index in [1.54, 1.807) is 0 Å². The molecule has 3 fully saturated rings. The SMILES string of the molecule is CCCC1(C)C(CC)CCC2C1CCC1(C)C(C(=O)CC)CCC21. The molecule has 3 aliphatic carbocycles. The molecule has 0 radical (unpaired) electrons. The second-order valence-electron chi connectivity index (χ2n) is 9.81. The number of fused-ring (bicyclic) bond motifs is 3. The van der Waals surface area contributed by atoms with Gasteiger partial charge in [-0.15, -0.1) is 0 Å². The smallest absolute Gasteiger partial charge is 0.136 e. The number of carbonyl (C=O) groups is 1. The van der Waals surface area contributed by atoms with Gasteiger partial charge in [0, 0.05) is 12.3 Å². The Morgan fingerprint density at radius 2 is 1.71 bits per heavy atom. The van der Waals surface area contributed by atoms with Crippen molar-refractivity contribution in [2.24, 2.45) is 40.4 Å². The van der Waals surface area contributed by atoms with E-state index in [4.69, 9.17) is 0 Å². The Kier molecular flexibility index (Phi) is 5.20. The van der Waals surface area contributed by atoms with Crippen molar-refractivity contribution in [2.45, 2.75) is 98.8 Å². The molecule has 0 spiro atoms. The summed E-state index contributed by atoms with van der Waals surface area (Å²) < 4.78 is 0. The van der Waals surface area contributed by atoms with E-state index in [0.29, 0.717) is 22.5 Å². The number of Topliss-reactive ketones (excluding diaryl/α,β-unsaturated/α-hetero) is 1. The van der Waals surface area contributed by atoms with E-state index in [1.165, 1.54) is 57.8 Å². The van der Waals surface area contributed by atoms with E-state index in [9.17, 15) is 4.79 Å². The van der Waals surface area contributed by atoms with Crippen LogP contribution in [0.5, 0.6) is 0 Å². The molecule has 1 nitrogen and oxygen atoms in total. The van der Waals surface area contributed by atoms with Crippen molar-refractivity contribution in [3.05, 3.63) is 0 Å². The molecule has 0 bridgehead atoms. The first-order chi connectivity index (χ1) is 11.4. The fourth-order valence-electron chi connectivity index (χ4n) is 7.91. The zero-order chi connectivity index (χ0) is 17.5. The fourth-order valence-corrected chi connectivity index (χ4v) is 7.91. The highest BCUT2D eigenvalue weighted by Crippen LogP contribution is 2.66. The van der Waals surface area contributed by atoms with Crippen molar-refractivity contribution in [1.29, 1.82) is 0 Å². The lowest BCUT2D eigenvalue weighted by Crippen LogP contribution is -2.52. The second-order valence-corrected chi connectivity index (χ2v) is 9.81. The molecule has 0 aromatic heterocycles. The predicted octanol–water partition coefficient (Wildman–Crippen LogP) is 6.65. The molecule has 24 heavy (non-hydrogen) atoms. The van der Waals surface area contributed by atoms with Gasteiger partial charge in [0.05, 0.1) is 0 Å². The first kappa shape index (κ1) is 18.5. The van der Waals surface area contributed by atoms with Crippen LogP contribution in [-0.2, 0) is 4.79 Å². The lowest BCUT2D eigenvalue weighted by Gasteiger charge is -2.59. The van der Waals surface area contributed by atoms with Gasteiger partial charge in [-0.25, -0.2) is 0 Å². The molecule has 138 valence electrons. The van der Waals surface area contributed by atoms with Gasteiger partial charge in [-0.2, -0.15) is 0 Å². The maximum absolute atomic E-state index is 12.6. The normalized spacial score (nSPS) is 48.0. The summed E-state index contributed by atoms with van der Waals surface area (Å²) >= 11 is 0. The molecule has 0 N–H and O–H groups in total. The molecule has 3 aliphatic rings. The minimum Gasteiger partial charge on any atom is -0.299 e. The second kappa shape index (κ2) is 6.76.